The minimum atomic E-state index is -0.221. The van der Waals surface area contributed by atoms with Crippen molar-refractivity contribution >= 4 is 5.91 Å². The molecule has 1 fully saturated rings. The molecule has 1 amide bonds. The van der Waals surface area contributed by atoms with E-state index >= 15 is 0 Å². The molecule has 2 N–H and O–H groups in total. The SMILES string of the molecule is Cc1ccc(CNC(=O)CC2CCNC2)cc1F. The van der Waals surface area contributed by atoms with E-state index < -0.39 is 0 Å². The summed E-state index contributed by atoms with van der Waals surface area (Å²) in [6.45, 7) is 4.05. The van der Waals surface area contributed by atoms with Gasteiger partial charge in [0.25, 0.3) is 0 Å². The first-order valence-electron chi connectivity index (χ1n) is 6.37. The molecule has 18 heavy (non-hydrogen) atoms. The molecule has 1 aliphatic heterocycles. The van der Waals surface area contributed by atoms with Gasteiger partial charge >= 0.3 is 0 Å². The van der Waals surface area contributed by atoms with Crippen molar-refractivity contribution in [3.63, 3.8) is 0 Å². The second kappa shape index (κ2) is 5.96. The van der Waals surface area contributed by atoms with Crippen LogP contribution in [0.2, 0.25) is 0 Å². The zero-order chi connectivity index (χ0) is 13.0. The van der Waals surface area contributed by atoms with E-state index in [1.807, 2.05) is 6.07 Å². The van der Waals surface area contributed by atoms with E-state index in [1.165, 1.54) is 6.07 Å². The Balaban J connectivity index is 1.79. The molecule has 98 valence electrons. The number of hydrogen-bond acceptors (Lipinski definition) is 2. The van der Waals surface area contributed by atoms with Crippen molar-refractivity contribution in [3.05, 3.63) is 35.1 Å². The summed E-state index contributed by atoms with van der Waals surface area (Å²) >= 11 is 0. The average molecular weight is 250 g/mol. The van der Waals surface area contributed by atoms with E-state index in [-0.39, 0.29) is 11.7 Å². The number of carbonyl (C=O) groups is 1. The number of aryl methyl sites for hydroxylation is 1. The molecule has 1 aliphatic rings. The van der Waals surface area contributed by atoms with Crippen LogP contribution >= 0.6 is 0 Å². The maximum absolute atomic E-state index is 13.3. The zero-order valence-electron chi connectivity index (χ0n) is 10.6. The van der Waals surface area contributed by atoms with Gasteiger partial charge in [0.1, 0.15) is 5.82 Å². The van der Waals surface area contributed by atoms with Crippen LogP contribution in [-0.4, -0.2) is 19.0 Å². The quantitative estimate of drug-likeness (QED) is 0.854. The van der Waals surface area contributed by atoms with Crippen LogP contribution in [0.4, 0.5) is 4.39 Å². The lowest BCUT2D eigenvalue weighted by Crippen LogP contribution is -2.25. The Morgan fingerprint density at radius 3 is 3.06 bits per heavy atom. The minimum Gasteiger partial charge on any atom is -0.352 e. The van der Waals surface area contributed by atoms with Crippen LogP contribution in [0, 0.1) is 18.7 Å². The molecule has 1 aromatic carbocycles. The largest absolute Gasteiger partial charge is 0.352 e. The van der Waals surface area contributed by atoms with E-state index in [2.05, 4.69) is 10.6 Å². The van der Waals surface area contributed by atoms with E-state index in [9.17, 15) is 9.18 Å². The highest BCUT2D eigenvalue weighted by Gasteiger charge is 2.17. The molecule has 2 rings (SSSR count). The fraction of sp³-hybridized carbons (Fsp3) is 0.500. The lowest BCUT2D eigenvalue weighted by Gasteiger charge is -2.09. The standard InChI is InChI=1S/C14H19FN2O/c1-10-2-3-11(6-13(10)15)9-17-14(18)7-12-4-5-16-8-12/h2-3,6,12,16H,4-5,7-9H2,1H3,(H,17,18). The normalized spacial score (nSPS) is 18.9. The highest BCUT2D eigenvalue weighted by atomic mass is 19.1. The smallest absolute Gasteiger partial charge is 0.220 e. The van der Waals surface area contributed by atoms with Crippen molar-refractivity contribution in [1.29, 1.82) is 0 Å². The third-order valence-corrected chi connectivity index (χ3v) is 3.36. The van der Waals surface area contributed by atoms with Crippen LogP contribution < -0.4 is 10.6 Å². The molecule has 0 aliphatic carbocycles. The molecular weight excluding hydrogens is 231 g/mol. The lowest BCUT2D eigenvalue weighted by atomic mass is 10.0. The highest BCUT2D eigenvalue weighted by molar-refractivity contribution is 5.76. The summed E-state index contributed by atoms with van der Waals surface area (Å²) in [6.07, 6.45) is 1.62. The first-order chi connectivity index (χ1) is 8.65. The maximum atomic E-state index is 13.3. The van der Waals surface area contributed by atoms with Crippen LogP contribution in [0.3, 0.4) is 0 Å². The molecule has 4 heteroatoms. The Morgan fingerprint density at radius 1 is 1.56 bits per heavy atom. The molecule has 0 bridgehead atoms. The Labute approximate surface area is 107 Å². The molecule has 0 aromatic heterocycles. The van der Waals surface area contributed by atoms with Gasteiger partial charge in [-0.2, -0.15) is 0 Å². The van der Waals surface area contributed by atoms with Crippen LogP contribution in [0.25, 0.3) is 0 Å². The number of hydrogen-bond donors (Lipinski definition) is 2. The second-order valence-corrected chi connectivity index (χ2v) is 4.92. The lowest BCUT2D eigenvalue weighted by molar-refractivity contribution is -0.122. The third-order valence-electron chi connectivity index (χ3n) is 3.36. The summed E-state index contributed by atoms with van der Waals surface area (Å²) in [5, 5.41) is 6.07. The van der Waals surface area contributed by atoms with Gasteiger partial charge in [-0.1, -0.05) is 12.1 Å². The van der Waals surface area contributed by atoms with Crippen molar-refractivity contribution in [2.75, 3.05) is 13.1 Å². The topological polar surface area (TPSA) is 41.1 Å². The van der Waals surface area contributed by atoms with Crippen LogP contribution in [0.15, 0.2) is 18.2 Å². The maximum Gasteiger partial charge on any atom is 0.220 e. The van der Waals surface area contributed by atoms with Gasteiger partial charge in [0.2, 0.25) is 5.91 Å². The zero-order valence-corrected chi connectivity index (χ0v) is 10.6. The summed E-state index contributed by atoms with van der Waals surface area (Å²) in [6, 6.07) is 5.06. The Hall–Kier alpha value is -1.42. The van der Waals surface area contributed by atoms with Gasteiger partial charge in [0.15, 0.2) is 0 Å². The van der Waals surface area contributed by atoms with Gasteiger partial charge in [-0.05, 0) is 49.5 Å². The van der Waals surface area contributed by atoms with Gasteiger partial charge < -0.3 is 10.6 Å². The van der Waals surface area contributed by atoms with Crippen LogP contribution in [0.5, 0.6) is 0 Å². The van der Waals surface area contributed by atoms with Crippen molar-refractivity contribution in [2.45, 2.75) is 26.3 Å². The summed E-state index contributed by atoms with van der Waals surface area (Å²) in [7, 11) is 0. The number of amides is 1. The Bertz CT molecular complexity index is 428. The summed E-state index contributed by atoms with van der Waals surface area (Å²) < 4.78 is 13.3. The third kappa shape index (κ3) is 3.53. The molecule has 3 nitrogen and oxygen atoms in total. The first kappa shape index (κ1) is 13.0. The van der Waals surface area contributed by atoms with Crippen molar-refractivity contribution in [3.8, 4) is 0 Å². The van der Waals surface area contributed by atoms with E-state index in [0.29, 0.717) is 24.4 Å². The van der Waals surface area contributed by atoms with Crippen LogP contribution in [-0.2, 0) is 11.3 Å². The average Bonchev–Trinajstić information content (AvgIpc) is 2.83. The van der Waals surface area contributed by atoms with E-state index in [0.717, 1.165) is 25.1 Å². The van der Waals surface area contributed by atoms with Crippen molar-refractivity contribution < 1.29 is 9.18 Å². The Kier molecular flexibility index (Phi) is 4.31. The molecule has 1 unspecified atom stereocenters. The number of nitrogens with one attached hydrogen (secondary N) is 2. The van der Waals surface area contributed by atoms with E-state index in [1.54, 1.807) is 13.0 Å². The van der Waals surface area contributed by atoms with E-state index in [4.69, 9.17) is 0 Å². The predicted molar refractivity (Wildman–Crippen MR) is 68.6 cm³/mol. The molecule has 1 heterocycles. The van der Waals surface area contributed by atoms with Gasteiger partial charge in [0.05, 0.1) is 0 Å². The molecular formula is C14H19FN2O. The molecule has 1 aromatic rings. The monoisotopic (exact) mass is 250 g/mol. The molecule has 0 spiro atoms. The van der Waals surface area contributed by atoms with Gasteiger partial charge in [-0.25, -0.2) is 4.39 Å². The fourth-order valence-electron chi connectivity index (χ4n) is 2.17. The molecule has 1 atom stereocenters. The van der Waals surface area contributed by atoms with Gasteiger partial charge in [-0.3, -0.25) is 4.79 Å². The Morgan fingerprint density at radius 2 is 2.39 bits per heavy atom. The number of carbonyl (C=O) groups excluding carboxylic acids is 1. The van der Waals surface area contributed by atoms with Gasteiger partial charge in [0, 0.05) is 13.0 Å². The second-order valence-electron chi connectivity index (χ2n) is 4.92. The highest BCUT2D eigenvalue weighted by Crippen LogP contribution is 2.12. The number of rotatable bonds is 4. The molecule has 0 radical (unpaired) electrons. The molecule has 1 saturated heterocycles. The summed E-state index contributed by atoms with van der Waals surface area (Å²) in [4.78, 5) is 11.7. The summed E-state index contributed by atoms with van der Waals surface area (Å²) in [5.41, 5.74) is 1.43. The van der Waals surface area contributed by atoms with Crippen molar-refractivity contribution in [2.24, 2.45) is 5.92 Å². The number of benzene rings is 1. The minimum absolute atomic E-state index is 0.0460. The first-order valence-corrected chi connectivity index (χ1v) is 6.37. The molecule has 0 saturated carbocycles. The van der Waals surface area contributed by atoms with Crippen LogP contribution in [0.1, 0.15) is 24.0 Å². The van der Waals surface area contributed by atoms with Gasteiger partial charge in [-0.15, -0.1) is 0 Å². The fourth-order valence-corrected chi connectivity index (χ4v) is 2.17. The predicted octanol–water partition coefficient (Wildman–Crippen LogP) is 1.75. The van der Waals surface area contributed by atoms with Crippen molar-refractivity contribution in [1.82, 2.24) is 10.6 Å². The number of halogens is 1. The summed E-state index contributed by atoms with van der Waals surface area (Å²) in [5.74, 6) is 0.270.